The highest BCUT2D eigenvalue weighted by Crippen LogP contribution is 2.34. The molecule has 3 heteroatoms. The molecule has 1 aliphatic rings. The first-order valence-corrected chi connectivity index (χ1v) is 6.39. The van der Waals surface area contributed by atoms with Gasteiger partial charge in [-0.15, -0.1) is 0 Å². The highest BCUT2D eigenvalue weighted by Gasteiger charge is 2.21. The summed E-state index contributed by atoms with van der Waals surface area (Å²) in [6.45, 7) is 4.07. The van der Waals surface area contributed by atoms with Crippen LogP contribution in [0, 0.1) is 0 Å². The molecule has 0 fully saturated rings. The van der Waals surface area contributed by atoms with Crippen molar-refractivity contribution < 1.29 is 9.47 Å². The number of methoxy groups -OCH3 is 1. The second-order valence-corrected chi connectivity index (χ2v) is 4.40. The second kappa shape index (κ2) is 5.92. The van der Waals surface area contributed by atoms with E-state index >= 15 is 0 Å². The van der Waals surface area contributed by atoms with Gasteiger partial charge in [-0.25, -0.2) is 0 Å². The summed E-state index contributed by atoms with van der Waals surface area (Å²) in [5.74, 6) is 1.89. The number of unbranched alkanes of at least 4 members (excludes halogenated alkanes) is 1. The van der Waals surface area contributed by atoms with Gasteiger partial charge in [0.15, 0.2) is 0 Å². The molecule has 1 unspecified atom stereocenters. The van der Waals surface area contributed by atoms with Gasteiger partial charge >= 0.3 is 0 Å². The molecule has 1 aromatic carbocycles. The van der Waals surface area contributed by atoms with Gasteiger partial charge < -0.3 is 14.8 Å². The minimum absolute atomic E-state index is 0.403. The second-order valence-electron chi connectivity index (χ2n) is 4.40. The maximum absolute atomic E-state index is 5.66. The Morgan fingerprint density at radius 2 is 2.35 bits per heavy atom. The molecule has 1 aromatic rings. The average molecular weight is 235 g/mol. The van der Waals surface area contributed by atoms with Crippen LogP contribution >= 0.6 is 0 Å². The smallest absolute Gasteiger partial charge is 0.124 e. The van der Waals surface area contributed by atoms with Crippen LogP contribution in [0.2, 0.25) is 0 Å². The Bertz CT molecular complexity index is 365. The molecule has 0 aliphatic carbocycles. The number of ether oxygens (including phenoxy) is 2. The van der Waals surface area contributed by atoms with Crippen molar-refractivity contribution in [2.24, 2.45) is 0 Å². The first-order chi connectivity index (χ1) is 8.35. The molecule has 2 rings (SSSR count). The van der Waals surface area contributed by atoms with E-state index in [9.17, 15) is 0 Å². The molecular weight excluding hydrogens is 214 g/mol. The van der Waals surface area contributed by atoms with E-state index in [4.69, 9.17) is 9.47 Å². The van der Waals surface area contributed by atoms with Crippen molar-refractivity contribution in [3.63, 3.8) is 0 Å². The Hall–Kier alpha value is -1.22. The summed E-state index contributed by atoms with van der Waals surface area (Å²) in [7, 11) is 1.70. The minimum Gasteiger partial charge on any atom is -0.497 e. The molecule has 0 saturated heterocycles. The van der Waals surface area contributed by atoms with Crippen molar-refractivity contribution in [3.05, 3.63) is 23.8 Å². The highest BCUT2D eigenvalue weighted by molar-refractivity contribution is 5.43. The summed E-state index contributed by atoms with van der Waals surface area (Å²) in [5, 5.41) is 3.59. The van der Waals surface area contributed by atoms with Gasteiger partial charge in [0, 0.05) is 18.0 Å². The zero-order chi connectivity index (χ0) is 12.1. The van der Waals surface area contributed by atoms with Gasteiger partial charge in [0.2, 0.25) is 0 Å². The SMILES string of the molecule is CCCCNC1CCOc2ccc(OC)cc21. The van der Waals surface area contributed by atoms with Crippen LogP contribution in [0.4, 0.5) is 0 Å². The third kappa shape index (κ3) is 2.91. The van der Waals surface area contributed by atoms with Gasteiger partial charge in [0.05, 0.1) is 13.7 Å². The van der Waals surface area contributed by atoms with Crippen LogP contribution in [-0.4, -0.2) is 20.3 Å². The fraction of sp³-hybridized carbons (Fsp3) is 0.571. The topological polar surface area (TPSA) is 30.5 Å². The molecule has 0 bridgehead atoms. The Labute approximate surface area is 103 Å². The molecule has 0 saturated carbocycles. The van der Waals surface area contributed by atoms with Gasteiger partial charge in [-0.2, -0.15) is 0 Å². The van der Waals surface area contributed by atoms with E-state index in [1.807, 2.05) is 12.1 Å². The fourth-order valence-electron chi connectivity index (χ4n) is 2.16. The molecular formula is C14H21NO2. The Balaban J connectivity index is 2.11. The Kier molecular flexibility index (Phi) is 4.26. The fourth-order valence-corrected chi connectivity index (χ4v) is 2.16. The number of rotatable bonds is 5. The molecule has 1 heterocycles. The predicted octanol–water partition coefficient (Wildman–Crippen LogP) is 2.91. The Morgan fingerprint density at radius 1 is 1.47 bits per heavy atom. The third-order valence-electron chi connectivity index (χ3n) is 3.18. The number of benzene rings is 1. The summed E-state index contributed by atoms with van der Waals surface area (Å²) < 4.78 is 10.9. The summed E-state index contributed by atoms with van der Waals surface area (Å²) in [4.78, 5) is 0. The maximum Gasteiger partial charge on any atom is 0.124 e. The van der Waals surface area contributed by atoms with Gasteiger partial charge in [-0.1, -0.05) is 13.3 Å². The Morgan fingerprint density at radius 3 is 3.12 bits per heavy atom. The van der Waals surface area contributed by atoms with E-state index in [1.54, 1.807) is 7.11 Å². The van der Waals surface area contributed by atoms with Crippen molar-refractivity contribution in [3.8, 4) is 11.5 Å². The van der Waals surface area contributed by atoms with Crippen LogP contribution in [0.3, 0.4) is 0 Å². The van der Waals surface area contributed by atoms with Crippen LogP contribution in [0.25, 0.3) is 0 Å². The van der Waals surface area contributed by atoms with Gasteiger partial charge in [-0.05, 0) is 31.2 Å². The van der Waals surface area contributed by atoms with Crippen LogP contribution in [0.5, 0.6) is 11.5 Å². The van der Waals surface area contributed by atoms with Crippen molar-refractivity contribution in [1.82, 2.24) is 5.32 Å². The van der Waals surface area contributed by atoms with E-state index in [1.165, 1.54) is 18.4 Å². The maximum atomic E-state index is 5.66. The molecule has 1 atom stereocenters. The number of nitrogens with one attached hydrogen (secondary N) is 1. The standard InChI is InChI=1S/C14H21NO2/c1-3-4-8-15-13-7-9-17-14-6-5-11(16-2)10-12(13)14/h5-6,10,13,15H,3-4,7-9H2,1-2H3. The summed E-state index contributed by atoms with van der Waals surface area (Å²) in [5.41, 5.74) is 1.23. The molecule has 0 spiro atoms. The molecule has 1 aliphatic heterocycles. The lowest BCUT2D eigenvalue weighted by Gasteiger charge is -2.27. The summed E-state index contributed by atoms with van der Waals surface area (Å²) in [6, 6.07) is 6.44. The summed E-state index contributed by atoms with van der Waals surface area (Å²) in [6.07, 6.45) is 3.47. The van der Waals surface area contributed by atoms with E-state index in [0.717, 1.165) is 31.1 Å². The van der Waals surface area contributed by atoms with Crippen LogP contribution < -0.4 is 14.8 Å². The monoisotopic (exact) mass is 235 g/mol. The number of hydrogen-bond acceptors (Lipinski definition) is 3. The highest BCUT2D eigenvalue weighted by atomic mass is 16.5. The van der Waals surface area contributed by atoms with Crippen molar-refractivity contribution in [1.29, 1.82) is 0 Å². The first-order valence-electron chi connectivity index (χ1n) is 6.39. The molecule has 17 heavy (non-hydrogen) atoms. The minimum atomic E-state index is 0.403. The average Bonchev–Trinajstić information content (AvgIpc) is 2.39. The molecule has 0 radical (unpaired) electrons. The zero-order valence-corrected chi connectivity index (χ0v) is 10.7. The van der Waals surface area contributed by atoms with E-state index in [-0.39, 0.29) is 0 Å². The first kappa shape index (κ1) is 12.2. The van der Waals surface area contributed by atoms with Gasteiger partial charge in [0.25, 0.3) is 0 Å². The van der Waals surface area contributed by atoms with Crippen LogP contribution in [-0.2, 0) is 0 Å². The molecule has 1 N–H and O–H groups in total. The summed E-state index contributed by atoms with van der Waals surface area (Å²) >= 11 is 0. The molecule has 0 aromatic heterocycles. The molecule has 3 nitrogen and oxygen atoms in total. The number of hydrogen-bond donors (Lipinski definition) is 1. The van der Waals surface area contributed by atoms with Crippen LogP contribution in [0.1, 0.15) is 37.8 Å². The molecule has 0 amide bonds. The largest absolute Gasteiger partial charge is 0.497 e. The van der Waals surface area contributed by atoms with E-state index in [0.29, 0.717) is 6.04 Å². The quantitative estimate of drug-likeness (QED) is 0.796. The normalized spacial score (nSPS) is 18.4. The third-order valence-corrected chi connectivity index (χ3v) is 3.18. The zero-order valence-electron chi connectivity index (χ0n) is 10.7. The predicted molar refractivity (Wildman–Crippen MR) is 68.8 cm³/mol. The van der Waals surface area contributed by atoms with Crippen molar-refractivity contribution in [2.75, 3.05) is 20.3 Å². The van der Waals surface area contributed by atoms with Crippen LogP contribution in [0.15, 0.2) is 18.2 Å². The lowest BCUT2D eigenvalue weighted by atomic mass is 10.00. The molecule has 94 valence electrons. The lowest BCUT2D eigenvalue weighted by Crippen LogP contribution is -2.27. The number of fused-ring (bicyclic) bond motifs is 1. The lowest BCUT2D eigenvalue weighted by molar-refractivity contribution is 0.251. The van der Waals surface area contributed by atoms with Crippen molar-refractivity contribution in [2.45, 2.75) is 32.2 Å². The van der Waals surface area contributed by atoms with E-state index in [2.05, 4.69) is 18.3 Å². The van der Waals surface area contributed by atoms with E-state index < -0.39 is 0 Å². The van der Waals surface area contributed by atoms with Gasteiger partial charge in [-0.3, -0.25) is 0 Å². The van der Waals surface area contributed by atoms with Gasteiger partial charge in [0.1, 0.15) is 11.5 Å². The van der Waals surface area contributed by atoms with Crippen molar-refractivity contribution >= 4 is 0 Å².